The van der Waals surface area contributed by atoms with Gasteiger partial charge in [-0.1, -0.05) is 66.7 Å². The van der Waals surface area contributed by atoms with Crippen LogP contribution in [0.3, 0.4) is 0 Å². The van der Waals surface area contributed by atoms with E-state index in [1.54, 1.807) is 66.7 Å². The van der Waals surface area contributed by atoms with E-state index >= 15 is 0 Å². The molecule has 53 heavy (non-hydrogen) atoms. The zero-order chi connectivity index (χ0) is 37.1. The molecule has 0 spiro atoms. The maximum atomic E-state index is 14.5. The van der Waals surface area contributed by atoms with Crippen molar-refractivity contribution in [2.75, 3.05) is 0 Å². The fourth-order valence-electron chi connectivity index (χ4n) is 6.37. The van der Waals surface area contributed by atoms with Gasteiger partial charge in [-0.15, -0.1) is 0 Å². The van der Waals surface area contributed by atoms with Gasteiger partial charge in [0.15, 0.2) is 17.5 Å². The first-order valence-electron chi connectivity index (χ1n) is 16.0. The molecule has 8 rings (SSSR count). The third-order valence-corrected chi connectivity index (χ3v) is 8.79. The zero-order valence-electron chi connectivity index (χ0n) is 27.0. The number of rotatable bonds is 5. The molecule has 0 saturated carbocycles. The van der Waals surface area contributed by atoms with E-state index in [0.29, 0.717) is 16.7 Å². The van der Waals surface area contributed by atoms with Gasteiger partial charge in [-0.2, -0.15) is 26.3 Å². The van der Waals surface area contributed by atoms with Crippen LogP contribution in [0, 0.1) is 11.6 Å². The van der Waals surface area contributed by atoms with Crippen LogP contribution in [0.2, 0.25) is 0 Å². The third kappa shape index (κ3) is 6.37. The van der Waals surface area contributed by atoms with Crippen LogP contribution in [0.15, 0.2) is 133 Å². The summed E-state index contributed by atoms with van der Waals surface area (Å²) in [6.07, 6.45) is -9.55. The normalized spacial score (nSPS) is 12.2. The summed E-state index contributed by atoms with van der Waals surface area (Å²) < 4.78 is 114. The van der Waals surface area contributed by atoms with Crippen LogP contribution in [0.25, 0.3) is 72.8 Å². The molecule has 8 aromatic rings. The smallest absolute Gasteiger partial charge is 0.309 e. The average molecular weight is 723 g/mol. The summed E-state index contributed by atoms with van der Waals surface area (Å²) in [6, 6.07) is 31.5. The van der Waals surface area contributed by atoms with E-state index in [9.17, 15) is 35.1 Å². The van der Waals surface area contributed by atoms with E-state index in [2.05, 4.69) is 0 Å². The van der Waals surface area contributed by atoms with E-state index < -0.39 is 35.1 Å². The van der Waals surface area contributed by atoms with Crippen LogP contribution < -0.4 is 0 Å². The van der Waals surface area contributed by atoms with E-state index in [4.69, 9.17) is 15.0 Å². The Hall–Kier alpha value is -6.43. The molecule has 0 radical (unpaired) electrons. The minimum Gasteiger partial charge on any atom is -0.309 e. The SMILES string of the molecule is Fc1cc(F)cc(-c2ccc(-n3c4ccc(C(F)(F)F)cc4c4cc(C(F)(F)F)ccc43)c(-c3nc(-c4ccccc4)nc(-c4ccccc4)n3)c2)c1. The van der Waals surface area contributed by atoms with Gasteiger partial charge < -0.3 is 4.57 Å². The van der Waals surface area contributed by atoms with Crippen LogP contribution in [-0.2, 0) is 12.4 Å². The highest BCUT2D eigenvalue weighted by atomic mass is 19.4. The molecular formula is C41H22F8N4. The molecule has 4 nitrogen and oxygen atoms in total. The first-order chi connectivity index (χ1) is 25.3. The van der Waals surface area contributed by atoms with Crippen molar-refractivity contribution in [2.24, 2.45) is 0 Å². The molecule has 0 fully saturated rings. The lowest BCUT2D eigenvalue weighted by Gasteiger charge is -2.17. The largest absolute Gasteiger partial charge is 0.416 e. The Morgan fingerprint density at radius 1 is 0.415 bits per heavy atom. The fraction of sp³-hybridized carbons (Fsp3) is 0.0488. The highest BCUT2D eigenvalue weighted by Crippen LogP contribution is 2.42. The van der Waals surface area contributed by atoms with Gasteiger partial charge in [0.05, 0.1) is 27.8 Å². The van der Waals surface area contributed by atoms with Crippen LogP contribution in [0.4, 0.5) is 35.1 Å². The lowest BCUT2D eigenvalue weighted by molar-refractivity contribution is -0.138. The van der Waals surface area contributed by atoms with Crippen molar-refractivity contribution >= 4 is 21.8 Å². The second-order valence-electron chi connectivity index (χ2n) is 12.2. The van der Waals surface area contributed by atoms with E-state index in [1.165, 1.54) is 16.7 Å². The fourth-order valence-corrected chi connectivity index (χ4v) is 6.37. The van der Waals surface area contributed by atoms with Gasteiger partial charge in [0, 0.05) is 33.5 Å². The molecule has 0 aliphatic heterocycles. The summed E-state index contributed by atoms with van der Waals surface area (Å²) in [6.45, 7) is 0. The minimum atomic E-state index is -4.77. The van der Waals surface area contributed by atoms with Gasteiger partial charge in [0.25, 0.3) is 0 Å². The van der Waals surface area contributed by atoms with Gasteiger partial charge in [-0.3, -0.25) is 0 Å². The van der Waals surface area contributed by atoms with Crippen molar-refractivity contribution in [1.29, 1.82) is 0 Å². The Balaban J connectivity index is 1.47. The summed E-state index contributed by atoms with van der Waals surface area (Å²) in [5.41, 5.74) is 0.552. The maximum absolute atomic E-state index is 14.5. The van der Waals surface area contributed by atoms with Gasteiger partial charge in [-0.05, 0) is 71.8 Å². The number of halogens is 8. The molecule has 0 aliphatic carbocycles. The summed E-state index contributed by atoms with van der Waals surface area (Å²) in [7, 11) is 0. The van der Waals surface area contributed by atoms with E-state index in [0.717, 1.165) is 42.5 Å². The predicted molar refractivity (Wildman–Crippen MR) is 186 cm³/mol. The van der Waals surface area contributed by atoms with E-state index in [1.807, 2.05) is 12.1 Å². The number of alkyl halides is 6. The van der Waals surface area contributed by atoms with Crippen molar-refractivity contribution in [3.8, 4) is 51.0 Å². The molecule has 6 aromatic carbocycles. The molecule has 262 valence electrons. The summed E-state index contributed by atoms with van der Waals surface area (Å²) in [4.78, 5) is 14.3. The van der Waals surface area contributed by atoms with Gasteiger partial charge in [0.1, 0.15) is 11.6 Å². The standard InChI is InChI=1S/C41H22F8N4/c42-29-17-26(18-30(43)22-29)25-11-14-36(33(19-25)39-51-37(23-7-3-1-4-8-23)50-38(52-39)24-9-5-2-6-10-24)53-34-15-12-27(40(44,45)46)20-31(34)32-21-28(41(47,48)49)13-16-35(32)53/h1-22H. The highest BCUT2D eigenvalue weighted by Gasteiger charge is 2.33. The van der Waals surface area contributed by atoms with Gasteiger partial charge in [0.2, 0.25) is 0 Å². The lowest BCUT2D eigenvalue weighted by atomic mass is 10.0. The van der Waals surface area contributed by atoms with Gasteiger partial charge >= 0.3 is 12.4 Å². The van der Waals surface area contributed by atoms with Crippen molar-refractivity contribution in [1.82, 2.24) is 19.5 Å². The van der Waals surface area contributed by atoms with E-state index in [-0.39, 0.29) is 56.1 Å². The topological polar surface area (TPSA) is 43.6 Å². The van der Waals surface area contributed by atoms with Crippen molar-refractivity contribution in [2.45, 2.75) is 12.4 Å². The average Bonchev–Trinajstić information content (AvgIpc) is 3.47. The van der Waals surface area contributed by atoms with Crippen LogP contribution in [0.1, 0.15) is 11.1 Å². The molecule has 0 atom stereocenters. The molecule has 0 N–H and O–H groups in total. The Morgan fingerprint density at radius 2 is 0.887 bits per heavy atom. The lowest BCUT2D eigenvalue weighted by Crippen LogP contribution is -2.05. The second-order valence-corrected chi connectivity index (χ2v) is 12.2. The Bertz CT molecular complexity index is 2520. The molecule has 2 heterocycles. The third-order valence-electron chi connectivity index (χ3n) is 8.79. The monoisotopic (exact) mass is 722 g/mol. The number of aromatic nitrogens is 4. The summed E-state index contributed by atoms with van der Waals surface area (Å²) >= 11 is 0. The number of fused-ring (bicyclic) bond motifs is 3. The molecular weight excluding hydrogens is 700 g/mol. The Kier molecular flexibility index (Phi) is 8.05. The molecule has 0 aliphatic rings. The first kappa shape index (κ1) is 33.7. The molecule has 0 saturated heterocycles. The summed E-state index contributed by atoms with van der Waals surface area (Å²) in [5.74, 6) is -1.03. The quantitative estimate of drug-likeness (QED) is 0.166. The molecule has 12 heteroatoms. The summed E-state index contributed by atoms with van der Waals surface area (Å²) in [5, 5.41) is -0.150. The molecule has 0 unspecified atom stereocenters. The highest BCUT2D eigenvalue weighted by molar-refractivity contribution is 6.10. The number of hydrogen-bond acceptors (Lipinski definition) is 3. The van der Waals surface area contributed by atoms with Gasteiger partial charge in [-0.25, -0.2) is 23.7 Å². The molecule has 2 aromatic heterocycles. The van der Waals surface area contributed by atoms with Crippen LogP contribution >= 0.6 is 0 Å². The first-order valence-corrected chi connectivity index (χ1v) is 16.0. The minimum absolute atomic E-state index is 0.0752. The van der Waals surface area contributed by atoms with Crippen LogP contribution in [0.5, 0.6) is 0 Å². The Labute approximate surface area is 295 Å². The van der Waals surface area contributed by atoms with Crippen molar-refractivity contribution < 1.29 is 35.1 Å². The zero-order valence-corrected chi connectivity index (χ0v) is 27.0. The number of nitrogens with zero attached hydrogens (tertiary/aromatic N) is 4. The number of hydrogen-bond donors (Lipinski definition) is 0. The van der Waals surface area contributed by atoms with Crippen molar-refractivity contribution in [3.63, 3.8) is 0 Å². The van der Waals surface area contributed by atoms with Crippen molar-refractivity contribution in [3.05, 3.63) is 156 Å². The van der Waals surface area contributed by atoms with Crippen LogP contribution in [-0.4, -0.2) is 19.5 Å². The molecule has 0 bridgehead atoms. The molecule has 0 amide bonds. The predicted octanol–water partition coefficient (Wildman–Crippen LogP) is 12.0. The maximum Gasteiger partial charge on any atom is 0.416 e. The second kappa shape index (κ2) is 12.7. The Morgan fingerprint density at radius 3 is 1.36 bits per heavy atom. The number of benzene rings is 6.